The molecule has 2 saturated carbocycles. The van der Waals surface area contributed by atoms with Gasteiger partial charge in [0.15, 0.2) is 0 Å². The van der Waals surface area contributed by atoms with Crippen molar-refractivity contribution < 1.29 is 4.74 Å². The largest absolute Gasteiger partial charge is 0.381 e. The zero-order chi connectivity index (χ0) is 8.44. The number of hydrogen-bond donors (Lipinski definition) is 1. The minimum Gasteiger partial charge on any atom is -0.381 e. The summed E-state index contributed by atoms with van der Waals surface area (Å²) in [6.07, 6.45) is 6.72. The molecule has 0 heterocycles. The molecule has 2 N–H and O–H groups in total. The lowest BCUT2D eigenvalue weighted by atomic mass is 10.1. The van der Waals surface area contributed by atoms with Crippen LogP contribution in [0.4, 0.5) is 0 Å². The van der Waals surface area contributed by atoms with E-state index in [1.54, 1.807) is 0 Å². The molecule has 0 amide bonds. The molecule has 0 aliphatic heterocycles. The minimum atomic E-state index is 0.406. The van der Waals surface area contributed by atoms with E-state index in [9.17, 15) is 0 Å². The number of hydrogen-bond acceptors (Lipinski definition) is 2. The van der Waals surface area contributed by atoms with E-state index in [-0.39, 0.29) is 0 Å². The molecule has 2 aliphatic carbocycles. The summed E-state index contributed by atoms with van der Waals surface area (Å²) >= 11 is 0. The maximum Gasteiger partial charge on any atom is 0.0534 e. The van der Waals surface area contributed by atoms with Crippen molar-refractivity contribution in [2.45, 2.75) is 32.1 Å². The van der Waals surface area contributed by atoms with Crippen molar-refractivity contribution in [2.75, 3.05) is 19.8 Å². The van der Waals surface area contributed by atoms with Crippen LogP contribution < -0.4 is 5.73 Å². The maximum atomic E-state index is 5.64. The lowest BCUT2D eigenvalue weighted by molar-refractivity contribution is 0.0885. The molecular formula is C10H19NO. The van der Waals surface area contributed by atoms with E-state index >= 15 is 0 Å². The van der Waals surface area contributed by atoms with Crippen LogP contribution in [0.3, 0.4) is 0 Å². The van der Waals surface area contributed by atoms with E-state index in [0.717, 1.165) is 25.7 Å². The summed E-state index contributed by atoms with van der Waals surface area (Å²) in [6, 6.07) is 0. The van der Waals surface area contributed by atoms with Crippen molar-refractivity contribution in [3.8, 4) is 0 Å². The zero-order valence-electron chi connectivity index (χ0n) is 7.72. The Morgan fingerprint density at radius 2 is 2.08 bits per heavy atom. The average Bonchev–Trinajstić information content (AvgIpc) is 2.96. The molecule has 2 nitrogen and oxygen atoms in total. The molecule has 0 bridgehead atoms. The van der Waals surface area contributed by atoms with Crippen LogP contribution in [-0.2, 0) is 4.74 Å². The highest BCUT2D eigenvalue weighted by molar-refractivity contribution is 4.93. The highest BCUT2D eigenvalue weighted by Crippen LogP contribution is 2.44. The van der Waals surface area contributed by atoms with Crippen molar-refractivity contribution in [1.82, 2.24) is 0 Å². The highest BCUT2D eigenvalue weighted by atomic mass is 16.5. The van der Waals surface area contributed by atoms with Gasteiger partial charge in [-0.3, -0.25) is 0 Å². The van der Waals surface area contributed by atoms with Crippen LogP contribution in [0.15, 0.2) is 0 Å². The molecule has 0 aromatic heterocycles. The fourth-order valence-electron chi connectivity index (χ4n) is 1.53. The first-order valence-corrected chi connectivity index (χ1v) is 5.12. The standard InChI is InChI=1S/C10H19NO/c11-7-10(4-5-10)8-12-6-3-9-1-2-9/h9H,1-8,11H2. The molecule has 2 heteroatoms. The second-order valence-corrected chi connectivity index (χ2v) is 4.49. The predicted molar refractivity (Wildman–Crippen MR) is 48.9 cm³/mol. The quantitative estimate of drug-likeness (QED) is 0.612. The SMILES string of the molecule is NCC1(COCCC2CC2)CC1. The van der Waals surface area contributed by atoms with Crippen molar-refractivity contribution in [3.05, 3.63) is 0 Å². The Kier molecular flexibility index (Phi) is 2.37. The van der Waals surface area contributed by atoms with Crippen LogP contribution in [0.25, 0.3) is 0 Å². The van der Waals surface area contributed by atoms with E-state index in [1.165, 1.54) is 32.1 Å². The van der Waals surface area contributed by atoms with Gasteiger partial charge in [-0.05, 0) is 25.2 Å². The van der Waals surface area contributed by atoms with E-state index in [2.05, 4.69) is 0 Å². The average molecular weight is 169 g/mol. The summed E-state index contributed by atoms with van der Waals surface area (Å²) in [4.78, 5) is 0. The summed E-state index contributed by atoms with van der Waals surface area (Å²) in [5.74, 6) is 0.998. The number of ether oxygens (including phenoxy) is 1. The van der Waals surface area contributed by atoms with Gasteiger partial charge in [0.2, 0.25) is 0 Å². The summed E-state index contributed by atoms with van der Waals surface area (Å²) in [6.45, 7) is 2.69. The lowest BCUT2D eigenvalue weighted by Crippen LogP contribution is -2.21. The van der Waals surface area contributed by atoms with E-state index < -0.39 is 0 Å². The normalized spacial score (nSPS) is 25.8. The third kappa shape index (κ3) is 2.20. The van der Waals surface area contributed by atoms with Crippen molar-refractivity contribution in [2.24, 2.45) is 17.1 Å². The van der Waals surface area contributed by atoms with Gasteiger partial charge in [-0.25, -0.2) is 0 Å². The van der Waals surface area contributed by atoms with Gasteiger partial charge in [-0.1, -0.05) is 12.8 Å². The highest BCUT2D eigenvalue weighted by Gasteiger charge is 2.41. The molecule has 0 radical (unpaired) electrons. The topological polar surface area (TPSA) is 35.2 Å². The Hall–Kier alpha value is -0.0800. The van der Waals surface area contributed by atoms with Crippen LogP contribution in [0, 0.1) is 11.3 Å². The molecular weight excluding hydrogens is 150 g/mol. The van der Waals surface area contributed by atoms with Gasteiger partial charge in [-0.2, -0.15) is 0 Å². The van der Waals surface area contributed by atoms with Gasteiger partial charge in [0, 0.05) is 18.6 Å². The first kappa shape index (κ1) is 8.52. The van der Waals surface area contributed by atoms with Crippen molar-refractivity contribution >= 4 is 0 Å². The third-order valence-corrected chi connectivity index (χ3v) is 3.17. The first-order chi connectivity index (χ1) is 5.85. The first-order valence-electron chi connectivity index (χ1n) is 5.12. The molecule has 70 valence electrons. The van der Waals surface area contributed by atoms with Crippen LogP contribution in [0.2, 0.25) is 0 Å². The van der Waals surface area contributed by atoms with Gasteiger partial charge < -0.3 is 10.5 Å². The fourth-order valence-corrected chi connectivity index (χ4v) is 1.53. The third-order valence-electron chi connectivity index (χ3n) is 3.17. The summed E-state index contributed by atoms with van der Waals surface area (Å²) in [7, 11) is 0. The minimum absolute atomic E-state index is 0.406. The molecule has 2 fully saturated rings. The van der Waals surface area contributed by atoms with Gasteiger partial charge in [0.25, 0.3) is 0 Å². The van der Waals surface area contributed by atoms with Crippen LogP contribution in [0.5, 0.6) is 0 Å². The lowest BCUT2D eigenvalue weighted by Gasteiger charge is -2.11. The molecule has 0 aromatic carbocycles. The predicted octanol–water partition coefficient (Wildman–Crippen LogP) is 1.54. The molecule has 0 aromatic rings. The molecule has 0 unspecified atom stereocenters. The monoisotopic (exact) mass is 169 g/mol. The summed E-state index contributed by atoms with van der Waals surface area (Å²) < 4.78 is 5.62. The van der Waals surface area contributed by atoms with Gasteiger partial charge in [0.05, 0.1) is 6.61 Å². The molecule has 2 rings (SSSR count). The van der Waals surface area contributed by atoms with Crippen molar-refractivity contribution in [1.29, 1.82) is 0 Å². The summed E-state index contributed by atoms with van der Waals surface area (Å²) in [5.41, 5.74) is 6.05. The Labute approximate surface area is 74.5 Å². The number of rotatable bonds is 6. The summed E-state index contributed by atoms with van der Waals surface area (Å²) in [5, 5.41) is 0. The zero-order valence-corrected chi connectivity index (χ0v) is 7.72. The maximum absolute atomic E-state index is 5.64. The Morgan fingerprint density at radius 3 is 2.58 bits per heavy atom. The smallest absolute Gasteiger partial charge is 0.0534 e. The molecule has 2 aliphatic rings. The van der Waals surface area contributed by atoms with Crippen LogP contribution in [-0.4, -0.2) is 19.8 Å². The second-order valence-electron chi connectivity index (χ2n) is 4.49. The van der Waals surface area contributed by atoms with Gasteiger partial charge in [0.1, 0.15) is 0 Å². The van der Waals surface area contributed by atoms with Gasteiger partial charge >= 0.3 is 0 Å². The number of nitrogens with two attached hydrogens (primary N) is 1. The van der Waals surface area contributed by atoms with Crippen molar-refractivity contribution in [3.63, 3.8) is 0 Å². The van der Waals surface area contributed by atoms with E-state index in [1.807, 2.05) is 0 Å². The van der Waals surface area contributed by atoms with E-state index in [4.69, 9.17) is 10.5 Å². The molecule has 0 atom stereocenters. The molecule has 12 heavy (non-hydrogen) atoms. The second kappa shape index (κ2) is 3.35. The fraction of sp³-hybridized carbons (Fsp3) is 1.00. The Bertz CT molecular complexity index is 150. The molecule has 0 saturated heterocycles. The molecule has 0 spiro atoms. The van der Waals surface area contributed by atoms with Crippen LogP contribution in [0.1, 0.15) is 32.1 Å². The van der Waals surface area contributed by atoms with Crippen LogP contribution >= 0.6 is 0 Å². The van der Waals surface area contributed by atoms with E-state index in [0.29, 0.717) is 5.41 Å². The Balaban J connectivity index is 1.50. The van der Waals surface area contributed by atoms with Gasteiger partial charge in [-0.15, -0.1) is 0 Å². The Morgan fingerprint density at radius 1 is 1.33 bits per heavy atom.